The highest BCUT2D eigenvalue weighted by Crippen LogP contribution is 2.30. The summed E-state index contributed by atoms with van der Waals surface area (Å²) in [7, 11) is -3.52. The molecule has 1 amide bonds. The zero-order valence-electron chi connectivity index (χ0n) is 16.7. The summed E-state index contributed by atoms with van der Waals surface area (Å²) < 4.78 is 30.6. The number of pyridine rings is 1. The van der Waals surface area contributed by atoms with Crippen LogP contribution in [0.1, 0.15) is 15.9 Å². The highest BCUT2D eigenvalue weighted by molar-refractivity contribution is 7.92. The number of nitrogens with one attached hydrogen (secondary N) is 1. The molecule has 1 aromatic heterocycles. The Hall–Kier alpha value is -3.45. The van der Waals surface area contributed by atoms with E-state index in [1.165, 1.54) is 10.5 Å². The molecule has 32 heavy (non-hydrogen) atoms. The Morgan fingerprint density at radius 2 is 1.94 bits per heavy atom. The fourth-order valence-corrected chi connectivity index (χ4v) is 4.67. The zero-order valence-corrected chi connectivity index (χ0v) is 18.2. The minimum Gasteiger partial charge on any atom is -0.362 e. The lowest BCUT2D eigenvalue weighted by atomic mass is 10.1. The van der Waals surface area contributed by atoms with Gasteiger partial charge in [0, 0.05) is 23.0 Å². The number of halogens is 1. The van der Waals surface area contributed by atoms with E-state index >= 15 is 0 Å². The van der Waals surface area contributed by atoms with Crippen LogP contribution in [0.5, 0.6) is 0 Å². The second-order valence-corrected chi connectivity index (χ2v) is 9.20. The van der Waals surface area contributed by atoms with Crippen molar-refractivity contribution in [3.63, 3.8) is 0 Å². The van der Waals surface area contributed by atoms with E-state index in [2.05, 4.69) is 10.3 Å². The van der Waals surface area contributed by atoms with Crippen molar-refractivity contribution >= 4 is 38.9 Å². The summed E-state index contributed by atoms with van der Waals surface area (Å²) in [6.07, 6.45) is 1.45. The summed E-state index contributed by atoms with van der Waals surface area (Å²) in [5.41, 5.74) is 2.98. The van der Waals surface area contributed by atoms with Gasteiger partial charge in [-0.3, -0.25) is 14.1 Å². The van der Waals surface area contributed by atoms with Crippen LogP contribution in [0.4, 0.5) is 11.4 Å². The van der Waals surface area contributed by atoms with Gasteiger partial charge in [-0.1, -0.05) is 11.6 Å². The van der Waals surface area contributed by atoms with Crippen molar-refractivity contribution in [1.82, 2.24) is 4.98 Å². The van der Waals surface area contributed by atoms with E-state index in [-0.39, 0.29) is 18.4 Å². The Balaban J connectivity index is 1.52. The van der Waals surface area contributed by atoms with Crippen molar-refractivity contribution in [2.24, 2.45) is 0 Å². The van der Waals surface area contributed by atoms with Gasteiger partial charge in [-0.05, 0) is 54.6 Å². The van der Waals surface area contributed by atoms with Gasteiger partial charge in [0.25, 0.3) is 15.9 Å². The van der Waals surface area contributed by atoms with E-state index in [4.69, 9.17) is 21.6 Å². The van der Waals surface area contributed by atoms with Gasteiger partial charge < -0.3 is 10.1 Å². The second kappa shape index (κ2) is 8.96. The molecule has 1 saturated heterocycles. The number of amides is 1. The molecule has 1 N–H and O–H groups in total. The van der Waals surface area contributed by atoms with Crippen LogP contribution < -0.4 is 9.62 Å². The number of benzene rings is 2. The molecule has 4 rings (SSSR count). The fourth-order valence-electron chi connectivity index (χ4n) is 3.21. The third kappa shape index (κ3) is 4.57. The van der Waals surface area contributed by atoms with Gasteiger partial charge in [-0.25, -0.2) is 8.42 Å². The molecule has 10 heteroatoms. The summed E-state index contributed by atoms with van der Waals surface area (Å²) in [5.74, 6) is -0.718. The number of ether oxygens (including phenoxy) is 1. The Labute approximate surface area is 190 Å². The number of sulfonamides is 1. The summed E-state index contributed by atoms with van der Waals surface area (Å²) in [6.45, 7) is 0.541. The number of hydrogen-bond acceptors (Lipinski definition) is 6. The highest BCUT2D eigenvalue weighted by Gasteiger charge is 2.26. The largest absolute Gasteiger partial charge is 0.362 e. The maximum atomic E-state index is 12.7. The highest BCUT2D eigenvalue weighted by atomic mass is 35.5. The molecule has 2 heterocycles. The van der Waals surface area contributed by atoms with Crippen molar-refractivity contribution in [3.05, 3.63) is 76.9 Å². The number of nitrogens with zero attached hydrogens (tertiary/aromatic N) is 3. The van der Waals surface area contributed by atoms with Gasteiger partial charge in [0.1, 0.15) is 6.07 Å². The van der Waals surface area contributed by atoms with Crippen molar-refractivity contribution in [2.75, 3.05) is 28.7 Å². The van der Waals surface area contributed by atoms with Gasteiger partial charge in [0.05, 0.1) is 35.1 Å². The quantitative estimate of drug-likeness (QED) is 0.625. The molecule has 0 atom stereocenters. The molecule has 1 aliphatic heterocycles. The molecular formula is C22H17ClN4O4S. The molecule has 0 aliphatic carbocycles. The van der Waals surface area contributed by atoms with Crippen molar-refractivity contribution < 1.29 is 17.9 Å². The number of anilines is 2. The lowest BCUT2D eigenvalue weighted by molar-refractivity contribution is 0.102. The Kier molecular flexibility index (Phi) is 6.10. The molecule has 162 valence electrons. The minimum absolute atomic E-state index is 0.227. The maximum Gasteiger partial charge on any atom is 0.259 e. The fraction of sp³-hybridized carbons (Fsp3) is 0.136. The average Bonchev–Trinajstić information content (AvgIpc) is 2.80. The first-order chi connectivity index (χ1) is 15.4. The van der Waals surface area contributed by atoms with Crippen LogP contribution in [0.15, 0.2) is 60.8 Å². The first-order valence-electron chi connectivity index (χ1n) is 9.53. The van der Waals surface area contributed by atoms with Crippen LogP contribution in [0.2, 0.25) is 5.02 Å². The number of carbonyl (C=O) groups is 1. The van der Waals surface area contributed by atoms with Gasteiger partial charge in [-0.2, -0.15) is 5.26 Å². The average molecular weight is 469 g/mol. The first-order valence-corrected chi connectivity index (χ1v) is 11.5. The van der Waals surface area contributed by atoms with Crippen molar-refractivity contribution in [3.8, 4) is 17.3 Å². The molecule has 0 unspecified atom stereocenters. The Morgan fingerprint density at radius 3 is 2.59 bits per heavy atom. The van der Waals surface area contributed by atoms with E-state index in [0.717, 1.165) is 0 Å². The number of hydrogen-bond donors (Lipinski definition) is 1. The van der Waals surface area contributed by atoms with Crippen molar-refractivity contribution in [1.29, 1.82) is 5.26 Å². The number of carbonyl (C=O) groups excluding carboxylic acids is 1. The molecular weight excluding hydrogens is 452 g/mol. The molecule has 0 bridgehead atoms. The minimum atomic E-state index is -3.52. The van der Waals surface area contributed by atoms with Gasteiger partial charge in [-0.15, -0.1) is 0 Å². The summed E-state index contributed by atoms with van der Waals surface area (Å²) in [4.78, 5) is 16.9. The zero-order chi connectivity index (χ0) is 22.7. The number of nitriles is 1. The molecule has 8 nitrogen and oxygen atoms in total. The lowest BCUT2D eigenvalue weighted by Gasteiger charge is -2.28. The van der Waals surface area contributed by atoms with Crippen LogP contribution in [0.3, 0.4) is 0 Å². The molecule has 2 aromatic carbocycles. The molecule has 0 radical (unpaired) electrons. The number of rotatable bonds is 4. The smallest absolute Gasteiger partial charge is 0.259 e. The predicted octanol–water partition coefficient (Wildman–Crippen LogP) is 3.65. The van der Waals surface area contributed by atoms with E-state index in [1.807, 2.05) is 6.07 Å². The van der Waals surface area contributed by atoms with Crippen LogP contribution >= 0.6 is 11.6 Å². The molecule has 3 aromatic rings. The molecule has 0 spiro atoms. The standard InChI is InChI=1S/C22H17ClN4O4S/c23-20-7-4-17(11-19(20)21-8-1-15(12-24)13-25-21)26-22(28)16-2-5-18(6-3-16)27-9-10-31-14-32(27,29)30/h1-8,11,13H,9-10,14H2,(H,26,28). The number of aromatic nitrogens is 1. The third-order valence-electron chi connectivity index (χ3n) is 4.82. The normalized spacial score (nSPS) is 15.1. The van der Waals surface area contributed by atoms with E-state index < -0.39 is 10.0 Å². The van der Waals surface area contributed by atoms with E-state index in [1.54, 1.807) is 54.6 Å². The van der Waals surface area contributed by atoms with Gasteiger partial charge in [0.15, 0.2) is 5.94 Å². The molecule has 1 fully saturated rings. The Bertz CT molecular complexity index is 1300. The summed E-state index contributed by atoms with van der Waals surface area (Å²) in [5, 5.41) is 12.2. The maximum absolute atomic E-state index is 12.7. The van der Waals surface area contributed by atoms with Crippen molar-refractivity contribution in [2.45, 2.75) is 0 Å². The van der Waals surface area contributed by atoms with Gasteiger partial charge >= 0.3 is 0 Å². The van der Waals surface area contributed by atoms with Crippen LogP contribution in [-0.2, 0) is 14.8 Å². The van der Waals surface area contributed by atoms with Gasteiger partial charge in [0.2, 0.25) is 0 Å². The van der Waals surface area contributed by atoms with Crippen LogP contribution in [0.25, 0.3) is 11.3 Å². The monoisotopic (exact) mass is 468 g/mol. The second-order valence-electron chi connectivity index (χ2n) is 6.95. The van der Waals surface area contributed by atoms with E-state index in [9.17, 15) is 13.2 Å². The summed E-state index contributed by atoms with van der Waals surface area (Å²) in [6, 6.07) is 16.7. The first kappa shape index (κ1) is 21.8. The van der Waals surface area contributed by atoms with E-state index in [0.29, 0.717) is 45.4 Å². The molecule has 0 saturated carbocycles. The molecule has 1 aliphatic rings. The predicted molar refractivity (Wildman–Crippen MR) is 121 cm³/mol. The lowest BCUT2D eigenvalue weighted by Crippen LogP contribution is -2.41. The summed E-state index contributed by atoms with van der Waals surface area (Å²) >= 11 is 6.29. The SMILES string of the molecule is N#Cc1ccc(-c2cc(NC(=O)c3ccc(N4CCOCS4(=O)=O)cc3)ccc2Cl)nc1. The van der Waals surface area contributed by atoms with Crippen LogP contribution in [-0.4, -0.2) is 38.4 Å². The Morgan fingerprint density at radius 1 is 1.16 bits per heavy atom. The third-order valence-corrected chi connectivity index (χ3v) is 6.68. The topological polar surface area (TPSA) is 112 Å². The van der Waals surface area contributed by atoms with Crippen LogP contribution in [0, 0.1) is 11.3 Å².